The van der Waals surface area contributed by atoms with Crippen LogP contribution in [0.15, 0.2) is 71.8 Å². The molecule has 1 aromatic heterocycles. The van der Waals surface area contributed by atoms with Gasteiger partial charge in [-0.15, -0.1) is 0 Å². The van der Waals surface area contributed by atoms with Gasteiger partial charge in [0.25, 0.3) is 15.9 Å². The molecule has 162 valence electrons. The Morgan fingerprint density at radius 3 is 2.39 bits per heavy atom. The number of amides is 1. The van der Waals surface area contributed by atoms with Crippen molar-refractivity contribution in [2.45, 2.75) is 18.4 Å². The summed E-state index contributed by atoms with van der Waals surface area (Å²) in [5.74, 6) is 0.745. The van der Waals surface area contributed by atoms with Crippen LogP contribution in [0.25, 0.3) is 0 Å². The minimum absolute atomic E-state index is 0.114. The van der Waals surface area contributed by atoms with Gasteiger partial charge in [-0.1, -0.05) is 6.07 Å². The number of ether oxygens (including phenoxy) is 2. The first-order valence-corrected chi connectivity index (χ1v) is 11.0. The Balaban J connectivity index is 1.63. The summed E-state index contributed by atoms with van der Waals surface area (Å²) in [7, 11) is -2.24. The molecule has 1 amide bonds. The average molecular weight is 442 g/mol. The molecule has 0 aliphatic heterocycles. The molecule has 0 atom stereocenters. The Labute approximate surface area is 181 Å². The van der Waals surface area contributed by atoms with Crippen LogP contribution in [0.2, 0.25) is 0 Å². The molecule has 0 spiro atoms. The highest BCUT2D eigenvalue weighted by molar-refractivity contribution is 7.92. The van der Waals surface area contributed by atoms with Crippen LogP contribution < -0.4 is 19.5 Å². The lowest BCUT2D eigenvalue weighted by molar-refractivity contribution is 0.0950. The Kier molecular flexibility index (Phi) is 7.09. The molecule has 9 heteroatoms. The number of pyridine rings is 1. The molecule has 0 saturated carbocycles. The SMILES string of the molecule is CCOc1ccc(S(=O)(=O)Nc2ccc(C(=O)NCc3cccnc3OC)cc2)cc1. The second-order valence-corrected chi connectivity index (χ2v) is 8.12. The Hall–Kier alpha value is -3.59. The molecule has 1 heterocycles. The molecule has 2 aromatic carbocycles. The number of anilines is 1. The Morgan fingerprint density at radius 2 is 1.74 bits per heavy atom. The first-order valence-electron chi connectivity index (χ1n) is 9.54. The molecule has 0 aliphatic carbocycles. The molecule has 2 N–H and O–H groups in total. The van der Waals surface area contributed by atoms with Gasteiger partial charge in [0.15, 0.2) is 0 Å². The van der Waals surface area contributed by atoms with Gasteiger partial charge >= 0.3 is 0 Å². The van der Waals surface area contributed by atoms with E-state index < -0.39 is 10.0 Å². The highest BCUT2D eigenvalue weighted by Gasteiger charge is 2.15. The normalized spacial score (nSPS) is 10.9. The van der Waals surface area contributed by atoms with Gasteiger partial charge in [-0.25, -0.2) is 13.4 Å². The number of carbonyl (C=O) groups is 1. The number of carbonyl (C=O) groups excluding carboxylic acids is 1. The van der Waals surface area contributed by atoms with Gasteiger partial charge in [-0.05, 0) is 61.5 Å². The summed E-state index contributed by atoms with van der Waals surface area (Å²) in [5.41, 5.74) is 1.49. The standard InChI is InChI=1S/C22H23N3O5S/c1-3-30-19-10-12-20(13-11-19)31(27,28)25-18-8-6-16(7-9-18)21(26)24-15-17-5-4-14-23-22(17)29-2/h4-14,25H,3,15H2,1-2H3,(H,24,26). The van der Waals surface area contributed by atoms with Crippen LogP contribution in [-0.2, 0) is 16.6 Å². The summed E-state index contributed by atoms with van der Waals surface area (Å²) in [6, 6.07) is 15.9. The van der Waals surface area contributed by atoms with Gasteiger partial charge in [0.1, 0.15) is 5.75 Å². The van der Waals surface area contributed by atoms with Crippen LogP contribution in [0.1, 0.15) is 22.8 Å². The quantitative estimate of drug-likeness (QED) is 0.528. The predicted molar refractivity (Wildman–Crippen MR) is 117 cm³/mol. The third-order valence-corrected chi connectivity index (χ3v) is 5.72. The summed E-state index contributed by atoms with van der Waals surface area (Å²) in [5, 5.41) is 2.79. The molecular formula is C22H23N3O5S. The van der Waals surface area contributed by atoms with Crippen LogP contribution in [0.5, 0.6) is 11.6 Å². The summed E-state index contributed by atoms with van der Waals surface area (Å²) < 4.78 is 38.1. The maximum Gasteiger partial charge on any atom is 0.261 e. The fourth-order valence-electron chi connectivity index (χ4n) is 2.81. The van der Waals surface area contributed by atoms with Crippen molar-refractivity contribution in [1.82, 2.24) is 10.3 Å². The van der Waals surface area contributed by atoms with Crippen molar-refractivity contribution in [2.75, 3.05) is 18.4 Å². The molecule has 31 heavy (non-hydrogen) atoms. The summed E-state index contributed by atoms with van der Waals surface area (Å²) >= 11 is 0. The number of nitrogens with one attached hydrogen (secondary N) is 2. The van der Waals surface area contributed by atoms with Crippen LogP contribution in [0, 0.1) is 0 Å². The van der Waals surface area contributed by atoms with Crippen molar-refractivity contribution < 1.29 is 22.7 Å². The van der Waals surface area contributed by atoms with E-state index >= 15 is 0 Å². The maximum atomic E-state index is 12.6. The van der Waals surface area contributed by atoms with E-state index in [4.69, 9.17) is 9.47 Å². The van der Waals surface area contributed by atoms with Gasteiger partial charge in [-0.2, -0.15) is 0 Å². The third-order valence-electron chi connectivity index (χ3n) is 4.33. The van der Waals surface area contributed by atoms with E-state index in [1.54, 1.807) is 36.5 Å². The number of methoxy groups -OCH3 is 1. The molecule has 3 rings (SSSR count). The zero-order valence-corrected chi connectivity index (χ0v) is 18.0. The predicted octanol–water partition coefficient (Wildman–Crippen LogP) is 3.22. The van der Waals surface area contributed by atoms with Crippen molar-refractivity contribution in [1.29, 1.82) is 0 Å². The van der Waals surface area contributed by atoms with Crippen LogP contribution in [0.4, 0.5) is 5.69 Å². The summed E-state index contributed by atoms with van der Waals surface area (Å²) in [6.07, 6.45) is 1.61. The van der Waals surface area contributed by atoms with Gasteiger partial charge in [0, 0.05) is 29.6 Å². The lowest BCUT2D eigenvalue weighted by Gasteiger charge is -2.11. The van der Waals surface area contributed by atoms with Crippen molar-refractivity contribution >= 4 is 21.6 Å². The van der Waals surface area contributed by atoms with Crippen molar-refractivity contribution in [3.63, 3.8) is 0 Å². The number of benzene rings is 2. The smallest absolute Gasteiger partial charge is 0.261 e. The fourth-order valence-corrected chi connectivity index (χ4v) is 3.86. The van der Waals surface area contributed by atoms with Crippen molar-refractivity contribution in [3.8, 4) is 11.6 Å². The number of nitrogens with zero attached hydrogens (tertiary/aromatic N) is 1. The zero-order valence-electron chi connectivity index (χ0n) is 17.2. The monoisotopic (exact) mass is 441 g/mol. The molecule has 0 unspecified atom stereocenters. The van der Waals surface area contributed by atoms with Crippen LogP contribution >= 0.6 is 0 Å². The third kappa shape index (κ3) is 5.73. The molecule has 3 aromatic rings. The van der Waals surface area contributed by atoms with Gasteiger partial charge < -0.3 is 14.8 Å². The number of hydrogen-bond donors (Lipinski definition) is 2. The molecule has 0 aliphatic rings. The van der Waals surface area contributed by atoms with Crippen LogP contribution in [-0.4, -0.2) is 33.0 Å². The topological polar surface area (TPSA) is 107 Å². The molecule has 0 radical (unpaired) electrons. The summed E-state index contributed by atoms with van der Waals surface area (Å²) in [4.78, 5) is 16.6. The average Bonchev–Trinajstić information content (AvgIpc) is 2.78. The van der Waals surface area contributed by atoms with E-state index in [0.717, 1.165) is 5.56 Å². The van der Waals surface area contributed by atoms with E-state index in [-0.39, 0.29) is 17.3 Å². The van der Waals surface area contributed by atoms with E-state index in [2.05, 4.69) is 15.0 Å². The van der Waals surface area contributed by atoms with E-state index in [1.165, 1.54) is 31.4 Å². The minimum atomic E-state index is -3.76. The second-order valence-electron chi connectivity index (χ2n) is 6.44. The maximum absolute atomic E-state index is 12.6. The number of hydrogen-bond acceptors (Lipinski definition) is 6. The van der Waals surface area contributed by atoms with Crippen molar-refractivity contribution in [2.24, 2.45) is 0 Å². The van der Waals surface area contributed by atoms with Crippen molar-refractivity contribution in [3.05, 3.63) is 78.0 Å². The number of aromatic nitrogens is 1. The van der Waals surface area contributed by atoms with Crippen LogP contribution in [0.3, 0.4) is 0 Å². The van der Waals surface area contributed by atoms with Gasteiger partial charge in [0.05, 0.1) is 18.6 Å². The lowest BCUT2D eigenvalue weighted by Crippen LogP contribution is -2.23. The van der Waals surface area contributed by atoms with E-state index in [9.17, 15) is 13.2 Å². The van der Waals surface area contributed by atoms with E-state index in [1.807, 2.05) is 13.0 Å². The molecular weight excluding hydrogens is 418 g/mol. The zero-order chi connectivity index (χ0) is 22.3. The summed E-state index contributed by atoms with van der Waals surface area (Å²) in [6.45, 7) is 2.61. The van der Waals surface area contributed by atoms with Gasteiger partial charge in [0.2, 0.25) is 5.88 Å². The molecule has 0 fully saturated rings. The molecule has 0 saturated heterocycles. The van der Waals surface area contributed by atoms with Gasteiger partial charge in [-0.3, -0.25) is 9.52 Å². The highest BCUT2D eigenvalue weighted by Crippen LogP contribution is 2.20. The second kappa shape index (κ2) is 9.94. The fraction of sp³-hybridized carbons (Fsp3) is 0.182. The first kappa shape index (κ1) is 22.1. The molecule has 0 bridgehead atoms. The van der Waals surface area contributed by atoms with E-state index in [0.29, 0.717) is 29.5 Å². The lowest BCUT2D eigenvalue weighted by atomic mass is 10.2. The molecule has 8 nitrogen and oxygen atoms in total. The first-order chi connectivity index (χ1) is 14.9. The Morgan fingerprint density at radius 1 is 1.03 bits per heavy atom. The number of sulfonamides is 1. The Bertz CT molecular complexity index is 1130. The minimum Gasteiger partial charge on any atom is -0.494 e. The highest BCUT2D eigenvalue weighted by atomic mass is 32.2. The number of rotatable bonds is 9. The largest absolute Gasteiger partial charge is 0.494 e.